The number of hydrogen-bond donors (Lipinski definition) is 3. The quantitative estimate of drug-likeness (QED) is 0.416. The average Bonchev–Trinajstić information content (AvgIpc) is 3.16. The minimum absolute atomic E-state index is 0.241. The fraction of sp³-hybridized carbons (Fsp3) is 0.217. The molecule has 1 amide bonds. The zero-order valence-corrected chi connectivity index (χ0v) is 17.1. The SMILES string of the molecule is CC(=O)N[C@@H](Cc1c[nH]c2ccccc12)C(=O)O[C@H](C)c1nc2ccccc2c(=O)[nH]1. The van der Waals surface area contributed by atoms with Gasteiger partial charge in [-0.3, -0.25) is 9.59 Å². The number of aromatic amines is 2. The highest BCUT2D eigenvalue weighted by atomic mass is 16.5. The second-order valence-electron chi connectivity index (χ2n) is 7.36. The maximum atomic E-state index is 12.9. The van der Waals surface area contributed by atoms with Crippen LogP contribution in [0, 0.1) is 0 Å². The summed E-state index contributed by atoms with van der Waals surface area (Å²) >= 11 is 0. The second-order valence-corrected chi connectivity index (χ2v) is 7.36. The fourth-order valence-electron chi connectivity index (χ4n) is 3.57. The minimum Gasteiger partial charge on any atom is -0.453 e. The van der Waals surface area contributed by atoms with Crippen molar-refractivity contribution in [3.05, 3.63) is 76.5 Å². The molecule has 2 aromatic heterocycles. The van der Waals surface area contributed by atoms with Crippen LogP contribution in [-0.4, -0.2) is 32.9 Å². The Labute approximate surface area is 177 Å². The Bertz CT molecular complexity index is 1320. The van der Waals surface area contributed by atoms with Crippen molar-refractivity contribution in [3.8, 4) is 0 Å². The summed E-state index contributed by atoms with van der Waals surface area (Å²) in [5, 5.41) is 4.09. The standard InChI is InChI=1S/C23H22N4O4/c1-13(21-26-19-10-6-4-8-17(19)22(29)27-21)31-23(30)20(25-14(2)28)11-15-12-24-18-9-5-3-7-16(15)18/h3-10,12-13,20,24H,11H2,1-2H3,(H,25,28)(H,26,27,29)/t13-,20+/m1/s1. The van der Waals surface area contributed by atoms with E-state index in [2.05, 4.69) is 20.3 Å². The van der Waals surface area contributed by atoms with Crippen molar-refractivity contribution in [1.29, 1.82) is 0 Å². The van der Waals surface area contributed by atoms with Gasteiger partial charge in [0, 0.05) is 30.4 Å². The zero-order valence-electron chi connectivity index (χ0n) is 17.1. The van der Waals surface area contributed by atoms with Gasteiger partial charge in [0.2, 0.25) is 5.91 Å². The van der Waals surface area contributed by atoms with Gasteiger partial charge < -0.3 is 20.0 Å². The van der Waals surface area contributed by atoms with Crippen molar-refractivity contribution < 1.29 is 14.3 Å². The Morgan fingerprint density at radius 2 is 1.81 bits per heavy atom. The molecule has 31 heavy (non-hydrogen) atoms. The molecule has 4 aromatic rings. The Morgan fingerprint density at radius 3 is 2.58 bits per heavy atom. The summed E-state index contributed by atoms with van der Waals surface area (Å²) in [4.78, 5) is 47.2. The van der Waals surface area contributed by atoms with E-state index in [-0.39, 0.29) is 23.7 Å². The molecule has 2 aromatic carbocycles. The Hall–Kier alpha value is -3.94. The number of benzene rings is 2. The third kappa shape index (κ3) is 4.32. The van der Waals surface area contributed by atoms with Crippen molar-refractivity contribution in [2.45, 2.75) is 32.4 Å². The molecule has 2 heterocycles. The van der Waals surface area contributed by atoms with E-state index in [0.29, 0.717) is 10.9 Å². The van der Waals surface area contributed by atoms with E-state index < -0.39 is 18.1 Å². The van der Waals surface area contributed by atoms with Gasteiger partial charge in [0.15, 0.2) is 11.9 Å². The monoisotopic (exact) mass is 418 g/mol. The zero-order chi connectivity index (χ0) is 22.0. The van der Waals surface area contributed by atoms with Crippen molar-refractivity contribution in [2.24, 2.45) is 0 Å². The summed E-state index contributed by atoms with van der Waals surface area (Å²) in [6.45, 7) is 2.97. The number of aromatic nitrogens is 3. The Kier molecular flexibility index (Phi) is 5.53. The molecule has 0 saturated heterocycles. The number of para-hydroxylation sites is 2. The Balaban J connectivity index is 1.56. The summed E-state index contributed by atoms with van der Waals surface area (Å²) in [5.74, 6) is -0.707. The van der Waals surface area contributed by atoms with Gasteiger partial charge >= 0.3 is 5.97 Å². The number of rotatable bonds is 6. The molecule has 8 heteroatoms. The number of fused-ring (bicyclic) bond motifs is 2. The van der Waals surface area contributed by atoms with E-state index in [1.807, 2.05) is 30.5 Å². The van der Waals surface area contributed by atoms with Crippen LogP contribution >= 0.6 is 0 Å². The molecule has 2 atom stereocenters. The van der Waals surface area contributed by atoms with Crippen LogP contribution in [0.4, 0.5) is 0 Å². The average molecular weight is 418 g/mol. The summed E-state index contributed by atoms with van der Waals surface area (Å²) in [6.07, 6.45) is 1.28. The van der Waals surface area contributed by atoms with Crippen molar-refractivity contribution in [1.82, 2.24) is 20.3 Å². The second kappa shape index (κ2) is 8.43. The van der Waals surface area contributed by atoms with Crippen LogP contribution in [0.2, 0.25) is 0 Å². The first kappa shape index (κ1) is 20.3. The van der Waals surface area contributed by atoms with Gasteiger partial charge in [-0.25, -0.2) is 9.78 Å². The maximum absolute atomic E-state index is 12.9. The third-order valence-electron chi connectivity index (χ3n) is 5.07. The van der Waals surface area contributed by atoms with Crippen molar-refractivity contribution in [3.63, 3.8) is 0 Å². The van der Waals surface area contributed by atoms with Crippen LogP contribution in [0.15, 0.2) is 59.5 Å². The molecule has 0 saturated carbocycles. The van der Waals surface area contributed by atoms with Gasteiger partial charge in [0.1, 0.15) is 6.04 Å². The lowest BCUT2D eigenvalue weighted by Crippen LogP contribution is -2.42. The molecule has 0 bridgehead atoms. The number of hydrogen-bond acceptors (Lipinski definition) is 5. The van der Waals surface area contributed by atoms with Crippen LogP contribution in [0.1, 0.15) is 31.3 Å². The highest BCUT2D eigenvalue weighted by Crippen LogP contribution is 2.21. The van der Waals surface area contributed by atoms with Gasteiger partial charge in [-0.15, -0.1) is 0 Å². The molecular formula is C23H22N4O4. The number of carbonyl (C=O) groups is 2. The number of esters is 1. The normalized spacial score (nSPS) is 13.1. The van der Waals surface area contributed by atoms with Gasteiger partial charge in [-0.05, 0) is 30.7 Å². The van der Waals surface area contributed by atoms with E-state index in [0.717, 1.165) is 16.5 Å². The lowest BCUT2D eigenvalue weighted by molar-refractivity contribution is -0.152. The van der Waals surface area contributed by atoms with Crippen LogP contribution in [0.25, 0.3) is 21.8 Å². The van der Waals surface area contributed by atoms with Crippen LogP contribution in [0.5, 0.6) is 0 Å². The van der Waals surface area contributed by atoms with Crippen LogP contribution in [0.3, 0.4) is 0 Å². The van der Waals surface area contributed by atoms with Crippen LogP contribution in [-0.2, 0) is 20.7 Å². The topological polar surface area (TPSA) is 117 Å². The highest BCUT2D eigenvalue weighted by Gasteiger charge is 2.26. The molecule has 0 aliphatic heterocycles. The molecule has 3 N–H and O–H groups in total. The first-order chi connectivity index (χ1) is 14.9. The fourth-order valence-corrected chi connectivity index (χ4v) is 3.57. The number of nitrogens with one attached hydrogen (secondary N) is 3. The van der Waals surface area contributed by atoms with Crippen molar-refractivity contribution in [2.75, 3.05) is 0 Å². The molecule has 0 fully saturated rings. The number of carbonyl (C=O) groups excluding carboxylic acids is 2. The molecule has 0 spiro atoms. The molecule has 158 valence electrons. The first-order valence-corrected chi connectivity index (χ1v) is 9.94. The summed E-state index contributed by atoms with van der Waals surface area (Å²) in [5.41, 5.74) is 2.04. The molecule has 0 aliphatic carbocycles. The predicted molar refractivity (Wildman–Crippen MR) is 116 cm³/mol. The highest BCUT2D eigenvalue weighted by molar-refractivity contribution is 5.87. The summed E-state index contributed by atoms with van der Waals surface area (Å²) in [6, 6.07) is 13.8. The lowest BCUT2D eigenvalue weighted by atomic mass is 10.0. The van der Waals surface area contributed by atoms with E-state index >= 15 is 0 Å². The summed E-state index contributed by atoms with van der Waals surface area (Å²) in [7, 11) is 0. The van der Waals surface area contributed by atoms with E-state index in [9.17, 15) is 14.4 Å². The number of ether oxygens (including phenoxy) is 1. The molecule has 0 unspecified atom stereocenters. The number of nitrogens with zero attached hydrogens (tertiary/aromatic N) is 1. The van der Waals surface area contributed by atoms with Crippen molar-refractivity contribution >= 4 is 33.7 Å². The van der Waals surface area contributed by atoms with Gasteiger partial charge in [0.25, 0.3) is 5.56 Å². The smallest absolute Gasteiger partial charge is 0.329 e. The summed E-state index contributed by atoms with van der Waals surface area (Å²) < 4.78 is 5.57. The van der Waals surface area contributed by atoms with E-state index in [4.69, 9.17) is 4.74 Å². The Morgan fingerprint density at radius 1 is 1.10 bits per heavy atom. The molecule has 8 nitrogen and oxygen atoms in total. The molecule has 4 rings (SSSR count). The van der Waals surface area contributed by atoms with Gasteiger partial charge in [-0.1, -0.05) is 30.3 Å². The van der Waals surface area contributed by atoms with E-state index in [1.54, 1.807) is 31.2 Å². The molecule has 0 radical (unpaired) electrons. The van der Waals surface area contributed by atoms with Crippen LogP contribution < -0.4 is 10.9 Å². The van der Waals surface area contributed by atoms with E-state index in [1.165, 1.54) is 6.92 Å². The number of H-pyrrole nitrogens is 2. The molecule has 0 aliphatic rings. The van der Waals surface area contributed by atoms with Gasteiger partial charge in [0.05, 0.1) is 10.9 Å². The largest absolute Gasteiger partial charge is 0.453 e. The molecular weight excluding hydrogens is 396 g/mol. The maximum Gasteiger partial charge on any atom is 0.329 e. The third-order valence-corrected chi connectivity index (χ3v) is 5.07. The minimum atomic E-state index is -0.883. The number of amides is 1. The first-order valence-electron chi connectivity index (χ1n) is 9.94. The lowest BCUT2D eigenvalue weighted by Gasteiger charge is -2.20. The van der Waals surface area contributed by atoms with Gasteiger partial charge in [-0.2, -0.15) is 0 Å². The predicted octanol–water partition coefficient (Wildman–Crippen LogP) is 2.76.